The van der Waals surface area contributed by atoms with E-state index in [1.807, 2.05) is 45.9 Å². The van der Waals surface area contributed by atoms with Crippen molar-refractivity contribution in [3.8, 4) is 16.9 Å². The number of ether oxygens (including phenoxy) is 2. The van der Waals surface area contributed by atoms with E-state index in [1.54, 1.807) is 0 Å². The van der Waals surface area contributed by atoms with Crippen LogP contribution >= 0.6 is 0 Å². The van der Waals surface area contributed by atoms with Gasteiger partial charge in [-0.25, -0.2) is 4.79 Å². The summed E-state index contributed by atoms with van der Waals surface area (Å²) in [5.41, 5.74) is 7.19. The van der Waals surface area contributed by atoms with Crippen LogP contribution in [0.5, 0.6) is 5.75 Å². The third kappa shape index (κ3) is 6.11. The molecular weight excluding hydrogens is 386 g/mol. The number of benzene rings is 3. The minimum absolute atomic E-state index is 0.465. The first kappa shape index (κ1) is 22.4. The van der Waals surface area contributed by atoms with Crippen molar-refractivity contribution in [1.29, 1.82) is 0 Å². The molecule has 1 N–H and O–H groups in total. The van der Waals surface area contributed by atoms with Crippen molar-refractivity contribution in [1.82, 2.24) is 0 Å². The molecule has 3 rings (SSSR count). The van der Waals surface area contributed by atoms with Crippen LogP contribution in [0, 0.1) is 20.8 Å². The van der Waals surface area contributed by atoms with E-state index in [-0.39, 0.29) is 0 Å². The number of amides is 1. The quantitative estimate of drug-likeness (QED) is 0.477. The molecule has 0 heterocycles. The predicted molar refractivity (Wildman–Crippen MR) is 127 cm³/mol. The number of carbonyl (C=O) groups excluding carboxylic acids is 1. The fourth-order valence-corrected chi connectivity index (χ4v) is 3.53. The summed E-state index contributed by atoms with van der Waals surface area (Å²) in [6, 6.07) is 20.4. The molecule has 4 nitrogen and oxygen atoms in total. The lowest BCUT2D eigenvalue weighted by Gasteiger charge is -2.20. The van der Waals surface area contributed by atoms with E-state index in [4.69, 9.17) is 9.47 Å². The van der Waals surface area contributed by atoms with E-state index < -0.39 is 11.7 Å². The Bertz CT molecular complexity index is 1060. The first-order valence-electron chi connectivity index (χ1n) is 10.5. The Morgan fingerprint density at radius 1 is 0.871 bits per heavy atom. The van der Waals surface area contributed by atoms with E-state index in [1.165, 1.54) is 22.3 Å². The zero-order chi connectivity index (χ0) is 22.6. The first-order valence-corrected chi connectivity index (χ1v) is 10.5. The Balaban J connectivity index is 1.68. The zero-order valence-corrected chi connectivity index (χ0v) is 19.2. The molecule has 0 aliphatic carbocycles. The third-order valence-electron chi connectivity index (χ3n) is 4.94. The number of rotatable bonds is 5. The van der Waals surface area contributed by atoms with Crippen LogP contribution in [0.1, 0.15) is 43.0 Å². The molecule has 3 aromatic rings. The van der Waals surface area contributed by atoms with E-state index in [0.29, 0.717) is 12.3 Å². The van der Waals surface area contributed by atoms with Crippen molar-refractivity contribution in [3.05, 3.63) is 82.9 Å². The summed E-state index contributed by atoms with van der Waals surface area (Å²) in [6.07, 6.45) is -0.465. The average Bonchev–Trinajstić information content (AvgIpc) is 2.67. The summed E-state index contributed by atoms with van der Waals surface area (Å²) in [6.45, 7) is 12.2. The van der Waals surface area contributed by atoms with Gasteiger partial charge in [0, 0.05) is 5.69 Å². The fraction of sp³-hybridized carbons (Fsp3) is 0.296. The van der Waals surface area contributed by atoms with Gasteiger partial charge < -0.3 is 9.47 Å². The Labute approximate surface area is 185 Å². The molecule has 3 aromatic carbocycles. The van der Waals surface area contributed by atoms with Crippen LogP contribution in [0.15, 0.2) is 60.7 Å². The van der Waals surface area contributed by atoms with E-state index in [9.17, 15) is 4.79 Å². The third-order valence-corrected chi connectivity index (χ3v) is 4.94. The Kier molecular flexibility index (Phi) is 6.69. The topological polar surface area (TPSA) is 47.6 Å². The van der Waals surface area contributed by atoms with E-state index in [0.717, 1.165) is 16.9 Å². The van der Waals surface area contributed by atoms with Crippen molar-refractivity contribution >= 4 is 11.8 Å². The lowest BCUT2D eigenvalue weighted by Crippen LogP contribution is -2.27. The molecule has 0 atom stereocenters. The molecule has 31 heavy (non-hydrogen) atoms. The van der Waals surface area contributed by atoms with Gasteiger partial charge in [0.15, 0.2) is 0 Å². The van der Waals surface area contributed by atoms with Crippen molar-refractivity contribution in [3.63, 3.8) is 0 Å². The van der Waals surface area contributed by atoms with Gasteiger partial charge in [-0.1, -0.05) is 36.4 Å². The highest BCUT2D eigenvalue weighted by Gasteiger charge is 2.17. The second-order valence-electron chi connectivity index (χ2n) is 8.86. The van der Waals surface area contributed by atoms with Gasteiger partial charge in [-0.15, -0.1) is 0 Å². The van der Waals surface area contributed by atoms with Crippen molar-refractivity contribution in [2.24, 2.45) is 0 Å². The van der Waals surface area contributed by atoms with Crippen LogP contribution in [0.2, 0.25) is 0 Å². The molecule has 162 valence electrons. The van der Waals surface area contributed by atoms with Gasteiger partial charge in [-0.2, -0.15) is 0 Å². The van der Waals surface area contributed by atoms with Gasteiger partial charge in [0.1, 0.15) is 18.0 Å². The van der Waals surface area contributed by atoms with Gasteiger partial charge in [0.05, 0.1) is 0 Å². The highest BCUT2D eigenvalue weighted by Crippen LogP contribution is 2.28. The normalized spacial score (nSPS) is 11.2. The molecule has 0 fully saturated rings. The maximum atomic E-state index is 12.0. The highest BCUT2D eigenvalue weighted by atomic mass is 16.6. The summed E-state index contributed by atoms with van der Waals surface area (Å²) in [7, 11) is 0. The summed E-state index contributed by atoms with van der Waals surface area (Å²) >= 11 is 0. The van der Waals surface area contributed by atoms with Gasteiger partial charge in [0.25, 0.3) is 0 Å². The molecular formula is C27H31NO3. The molecule has 0 spiro atoms. The molecule has 0 bridgehead atoms. The minimum Gasteiger partial charge on any atom is -0.489 e. The zero-order valence-electron chi connectivity index (χ0n) is 19.2. The minimum atomic E-state index is -0.535. The summed E-state index contributed by atoms with van der Waals surface area (Å²) in [4.78, 5) is 12.0. The van der Waals surface area contributed by atoms with Crippen LogP contribution in [0.3, 0.4) is 0 Å². The van der Waals surface area contributed by atoms with Gasteiger partial charge >= 0.3 is 6.09 Å². The second-order valence-corrected chi connectivity index (χ2v) is 8.86. The molecule has 0 aromatic heterocycles. The molecule has 0 radical (unpaired) electrons. The molecule has 0 unspecified atom stereocenters. The average molecular weight is 418 g/mol. The van der Waals surface area contributed by atoms with E-state index in [2.05, 4.69) is 61.6 Å². The summed E-state index contributed by atoms with van der Waals surface area (Å²) in [5, 5.41) is 2.79. The highest BCUT2D eigenvalue weighted by molar-refractivity contribution is 5.86. The van der Waals surface area contributed by atoms with Crippen molar-refractivity contribution in [2.75, 3.05) is 5.32 Å². The Hall–Kier alpha value is -3.27. The SMILES string of the molecule is Cc1cc(OCc2cccc(-c3c(C)cccc3C)c2)ccc1NC(=O)OC(C)(C)C. The first-order chi connectivity index (χ1) is 14.6. The largest absolute Gasteiger partial charge is 0.489 e. The Morgan fingerprint density at radius 2 is 1.55 bits per heavy atom. The smallest absolute Gasteiger partial charge is 0.412 e. The van der Waals surface area contributed by atoms with Crippen LogP contribution in [-0.2, 0) is 11.3 Å². The fourth-order valence-electron chi connectivity index (χ4n) is 3.53. The van der Waals surface area contributed by atoms with Gasteiger partial charge in [-0.05, 0) is 99.2 Å². The summed E-state index contributed by atoms with van der Waals surface area (Å²) < 4.78 is 11.3. The van der Waals surface area contributed by atoms with Crippen molar-refractivity contribution in [2.45, 2.75) is 53.8 Å². The van der Waals surface area contributed by atoms with Crippen LogP contribution in [0.25, 0.3) is 11.1 Å². The number of nitrogens with one attached hydrogen (secondary N) is 1. The Morgan fingerprint density at radius 3 is 2.19 bits per heavy atom. The standard InChI is InChI=1S/C27H31NO3/c1-18-9-7-10-19(2)25(18)22-12-8-11-21(16-22)17-30-23-13-14-24(20(3)15-23)28-26(29)31-27(4,5)6/h7-16H,17H2,1-6H3,(H,28,29). The van der Waals surface area contributed by atoms with Gasteiger partial charge in [-0.3, -0.25) is 5.32 Å². The van der Waals surface area contributed by atoms with E-state index >= 15 is 0 Å². The maximum Gasteiger partial charge on any atom is 0.412 e. The monoisotopic (exact) mass is 417 g/mol. The molecule has 0 aliphatic heterocycles. The molecule has 1 amide bonds. The molecule has 4 heteroatoms. The predicted octanol–water partition coefficient (Wildman–Crippen LogP) is 7.20. The number of aryl methyl sites for hydroxylation is 3. The molecule has 0 saturated carbocycles. The molecule has 0 saturated heterocycles. The van der Waals surface area contributed by atoms with Crippen LogP contribution < -0.4 is 10.1 Å². The maximum absolute atomic E-state index is 12.0. The number of carbonyl (C=O) groups is 1. The van der Waals surface area contributed by atoms with Crippen LogP contribution in [-0.4, -0.2) is 11.7 Å². The lowest BCUT2D eigenvalue weighted by atomic mass is 9.95. The van der Waals surface area contributed by atoms with Crippen molar-refractivity contribution < 1.29 is 14.3 Å². The van der Waals surface area contributed by atoms with Crippen LogP contribution in [0.4, 0.5) is 10.5 Å². The molecule has 0 aliphatic rings. The van der Waals surface area contributed by atoms with Gasteiger partial charge in [0.2, 0.25) is 0 Å². The lowest BCUT2D eigenvalue weighted by molar-refractivity contribution is 0.0636. The summed E-state index contributed by atoms with van der Waals surface area (Å²) in [5.74, 6) is 0.754. The number of anilines is 1. The second kappa shape index (κ2) is 9.25. The number of hydrogen-bond donors (Lipinski definition) is 1. The number of hydrogen-bond acceptors (Lipinski definition) is 3.